The third kappa shape index (κ3) is 2.91. The Kier molecular flexibility index (Phi) is 4.76. The predicted octanol–water partition coefficient (Wildman–Crippen LogP) is 4.74. The van der Waals surface area contributed by atoms with E-state index in [1.54, 1.807) is 5.57 Å². The van der Waals surface area contributed by atoms with Crippen molar-refractivity contribution < 1.29 is 0 Å². The van der Waals surface area contributed by atoms with E-state index in [0.29, 0.717) is 11.8 Å². The van der Waals surface area contributed by atoms with Crippen LogP contribution in [0.5, 0.6) is 0 Å². The Morgan fingerprint density at radius 3 is 2.16 bits per heavy atom. The van der Waals surface area contributed by atoms with Crippen LogP contribution in [0.2, 0.25) is 0 Å². The number of fused-ring (bicyclic) bond motifs is 1. The molecule has 1 heteroatoms. The molecule has 0 amide bonds. The lowest BCUT2D eigenvalue weighted by molar-refractivity contribution is 0.0804. The lowest BCUT2D eigenvalue weighted by Gasteiger charge is -2.49. The van der Waals surface area contributed by atoms with Gasteiger partial charge in [0.2, 0.25) is 0 Å². The molecule has 2 atom stereocenters. The highest BCUT2D eigenvalue weighted by molar-refractivity contribution is 5.28. The summed E-state index contributed by atoms with van der Waals surface area (Å²) in [6.07, 6.45) is 4.26. The van der Waals surface area contributed by atoms with Crippen LogP contribution in [0.4, 0.5) is 0 Å². The molecule has 2 rings (SSSR count). The summed E-state index contributed by atoms with van der Waals surface area (Å²) in [4.78, 5) is 2.80. The van der Waals surface area contributed by atoms with Crippen LogP contribution in [0, 0.1) is 23.7 Å². The minimum atomic E-state index is 0.710. The lowest BCUT2D eigenvalue weighted by atomic mass is 9.69. The Balaban J connectivity index is 2.43. The van der Waals surface area contributed by atoms with Crippen LogP contribution in [0.1, 0.15) is 60.8 Å². The molecule has 2 unspecified atom stereocenters. The van der Waals surface area contributed by atoms with E-state index in [1.807, 2.05) is 5.57 Å². The fourth-order valence-electron chi connectivity index (χ4n) is 4.43. The molecule has 0 aromatic heterocycles. The van der Waals surface area contributed by atoms with Crippen LogP contribution < -0.4 is 0 Å². The van der Waals surface area contributed by atoms with Crippen LogP contribution in [0.25, 0.3) is 0 Å². The Labute approximate surface area is 120 Å². The molecule has 0 bridgehead atoms. The Bertz CT molecular complexity index is 338. The maximum atomic E-state index is 2.80. The van der Waals surface area contributed by atoms with E-state index >= 15 is 0 Å². The largest absolute Gasteiger partial charge is 0.296 e. The average molecular weight is 263 g/mol. The quantitative estimate of drug-likeness (QED) is 0.665. The van der Waals surface area contributed by atoms with Crippen LogP contribution >= 0.6 is 0 Å². The smallest absolute Gasteiger partial charge is 0.0201 e. The van der Waals surface area contributed by atoms with Gasteiger partial charge in [0.05, 0.1) is 0 Å². The zero-order valence-electron chi connectivity index (χ0n) is 13.9. The number of hydrogen-bond donors (Lipinski definition) is 0. The van der Waals surface area contributed by atoms with Gasteiger partial charge in [-0.15, -0.1) is 0 Å². The van der Waals surface area contributed by atoms with Crippen molar-refractivity contribution in [3.63, 3.8) is 0 Å². The molecule has 110 valence electrons. The first-order chi connectivity index (χ1) is 8.93. The van der Waals surface area contributed by atoms with Gasteiger partial charge in [-0.2, -0.15) is 0 Å². The molecular weight excluding hydrogens is 230 g/mol. The van der Waals surface area contributed by atoms with Gasteiger partial charge in [-0.25, -0.2) is 0 Å². The summed E-state index contributed by atoms with van der Waals surface area (Å²) >= 11 is 0. The maximum absolute atomic E-state index is 2.80. The molecular formula is C18H33N. The fourth-order valence-corrected chi connectivity index (χ4v) is 4.43. The van der Waals surface area contributed by atoms with E-state index in [2.05, 4.69) is 46.4 Å². The molecule has 0 radical (unpaired) electrons. The molecule has 0 spiro atoms. The molecule has 2 aliphatic heterocycles. The van der Waals surface area contributed by atoms with Gasteiger partial charge in [0.1, 0.15) is 0 Å². The fraction of sp³-hybridized carbons (Fsp3) is 0.889. The first-order valence-electron chi connectivity index (χ1n) is 8.40. The third-order valence-corrected chi connectivity index (χ3v) is 5.22. The van der Waals surface area contributed by atoms with Gasteiger partial charge < -0.3 is 0 Å². The monoisotopic (exact) mass is 263 g/mol. The van der Waals surface area contributed by atoms with Crippen LogP contribution in [0.15, 0.2) is 11.1 Å². The van der Waals surface area contributed by atoms with Crippen LogP contribution in [-0.2, 0) is 0 Å². The summed E-state index contributed by atoms with van der Waals surface area (Å²) in [7, 11) is 0. The first-order valence-corrected chi connectivity index (χ1v) is 8.40. The summed E-state index contributed by atoms with van der Waals surface area (Å²) in [6, 6.07) is 0.827. The highest BCUT2D eigenvalue weighted by atomic mass is 15.2. The number of piperidine rings is 1. The molecule has 2 aliphatic rings. The van der Waals surface area contributed by atoms with E-state index in [1.165, 1.54) is 32.4 Å². The Hall–Kier alpha value is -0.300. The summed E-state index contributed by atoms with van der Waals surface area (Å²) in [6.45, 7) is 17.0. The molecule has 1 nitrogen and oxygen atoms in total. The van der Waals surface area contributed by atoms with Gasteiger partial charge >= 0.3 is 0 Å². The molecule has 0 saturated carbocycles. The van der Waals surface area contributed by atoms with Crippen LogP contribution in [-0.4, -0.2) is 24.0 Å². The summed E-state index contributed by atoms with van der Waals surface area (Å²) < 4.78 is 0. The zero-order chi connectivity index (χ0) is 14.2. The van der Waals surface area contributed by atoms with Gasteiger partial charge in [0.25, 0.3) is 0 Å². The van der Waals surface area contributed by atoms with E-state index in [9.17, 15) is 0 Å². The summed E-state index contributed by atoms with van der Waals surface area (Å²) in [5.74, 6) is 3.00. The average Bonchev–Trinajstić information content (AvgIpc) is 2.35. The molecule has 2 heterocycles. The van der Waals surface area contributed by atoms with Gasteiger partial charge in [0, 0.05) is 12.6 Å². The molecule has 0 aromatic carbocycles. The maximum Gasteiger partial charge on any atom is 0.0201 e. The number of nitrogens with zero attached hydrogens (tertiary/aromatic N) is 1. The van der Waals surface area contributed by atoms with Crippen molar-refractivity contribution >= 4 is 0 Å². The van der Waals surface area contributed by atoms with E-state index < -0.39 is 0 Å². The van der Waals surface area contributed by atoms with Crippen molar-refractivity contribution in [2.45, 2.75) is 66.8 Å². The van der Waals surface area contributed by atoms with Gasteiger partial charge in [-0.3, -0.25) is 4.90 Å². The molecule has 1 saturated heterocycles. The van der Waals surface area contributed by atoms with Crippen molar-refractivity contribution in [2.24, 2.45) is 23.7 Å². The van der Waals surface area contributed by atoms with Gasteiger partial charge in [-0.05, 0) is 43.1 Å². The SMILES string of the molecule is CC(C)C1=C(C(C)C)C(C(C)C)C2CCCCN2C1. The van der Waals surface area contributed by atoms with E-state index in [-0.39, 0.29) is 0 Å². The van der Waals surface area contributed by atoms with E-state index in [0.717, 1.165) is 17.9 Å². The standard InChI is InChI=1S/C18H33N/c1-12(2)15-11-19-10-8-7-9-16(19)18(14(5)6)17(15)13(3)4/h12-14,16,18H,7-11H2,1-6H3. The second-order valence-corrected chi connectivity index (χ2v) is 7.59. The highest BCUT2D eigenvalue weighted by Gasteiger charge is 2.40. The normalized spacial score (nSPS) is 29.5. The van der Waals surface area contributed by atoms with Crippen LogP contribution in [0.3, 0.4) is 0 Å². The Morgan fingerprint density at radius 2 is 1.63 bits per heavy atom. The molecule has 19 heavy (non-hydrogen) atoms. The topological polar surface area (TPSA) is 3.24 Å². The minimum Gasteiger partial charge on any atom is -0.296 e. The zero-order valence-corrected chi connectivity index (χ0v) is 13.9. The molecule has 0 aromatic rings. The van der Waals surface area contributed by atoms with Crippen molar-refractivity contribution in [3.8, 4) is 0 Å². The summed E-state index contributed by atoms with van der Waals surface area (Å²) in [5.41, 5.74) is 3.57. The second-order valence-electron chi connectivity index (χ2n) is 7.59. The lowest BCUT2D eigenvalue weighted by Crippen LogP contribution is -2.51. The van der Waals surface area contributed by atoms with Crippen molar-refractivity contribution in [3.05, 3.63) is 11.1 Å². The summed E-state index contributed by atoms with van der Waals surface area (Å²) in [5, 5.41) is 0. The predicted molar refractivity (Wildman–Crippen MR) is 84.2 cm³/mol. The molecule has 0 aliphatic carbocycles. The number of hydrogen-bond acceptors (Lipinski definition) is 1. The van der Waals surface area contributed by atoms with Gasteiger partial charge in [0.15, 0.2) is 0 Å². The molecule has 1 fully saturated rings. The van der Waals surface area contributed by atoms with Crippen molar-refractivity contribution in [1.82, 2.24) is 4.90 Å². The first kappa shape index (κ1) is 15.1. The molecule has 0 N–H and O–H groups in total. The Morgan fingerprint density at radius 1 is 0.947 bits per heavy atom. The highest BCUT2D eigenvalue weighted by Crippen LogP contribution is 2.43. The number of rotatable bonds is 3. The third-order valence-electron chi connectivity index (χ3n) is 5.22. The minimum absolute atomic E-state index is 0.710. The van der Waals surface area contributed by atoms with Crippen molar-refractivity contribution in [2.75, 3.05) is 13.1 Å². The second kappa shape index (κ2) is 5.99. The van der Waals surface area contributed by atoms with Gasteiger partial charge in [-0.1, -0.05) is 59.1 Å². The van der Waals surface area contributed by atoms with Crippen molar-refractivity contribution in [1.29, 1.82) is 0 Å². The van der Waals surface area contributed by atoms with E-state index in [4.69, 9.17) is 0 Å².